The lowest BCUT2D eigenvalue weighted by molar-refractivity contribution is -0.385. The third-order valence-electron chi connectivity index (χ3n) is 3.24. The number of thioether (sulfide) groups is 1. The van der Waals surface area contributed by atoms with Crippen molar-refractivity contribution in [3.05, 3.63) is 74.3 Å². The van der Waals surface area contributed by atoms with E-state index in [0.717, 1.165) is 15.5 Å². The lowest BCUT2D eigenvalue weighted by atomic mass is 10.2. The average Bonchev–Trinajstić information content (AvgIpc) is 3.09. The molecule has 0 bridgehead atoms. The van der Waals surface area contributed by atoms with Crippen molar-refractivity contribution in [2.45, 2.75) is 10.1 Å². The highest BCUT2D eigenvalue weighted by Gasteiger charge is 2.10. The van der Waals surface area contributed by atoms with Gasteiger partial charge in [-0.15, -0.1) is 10.2 Å². The molecule has 0 unspecified atom stereocenters. The Morgan fingerprint density at radius 1 is 0.880 bits per heavy atom. The summed E-state index contributed by atoms with van der Waals surface area (Å²) in [7, 11) is 0. The van der Waals surface area contributed by atoms with E-state index in [-0.39, 0.29) is 11.4 Å². The Labute approximate surface area is 149 Å². The normalized spacial score (nSPS) is 10.6. The van der Waals surface area contributed by atoms with Crippen LogP contribution < -0.4 is 0 Å². The van der Waals surface area contributed by atoms with Crippen LogP contribution in [0, 0.1) is 20.2 Å². The summed E-state index contributed by atoms with van der Waals surface area (Å²) in [4.78, 5) is 20.4. The highest BCUT2D eigenvalue weighted by atomic mass is 32.2. The van der Waals surface area contributed by atoms with Crippen molar-refractivity contribution in [1.29, 1.82) is 0 Å². The molecule has 2 aromatic carbocycles. The molecule has 126 valence electrons. The van der Waals surface area contributed by atoms with Gasteiger partial charge in [-0.2, -0.15) is 0 Å². The molecule has 0 amide bonds. The van der Waals surface area contributed by atoms with Crippen molar-refractivity contribution >= 4 is 34.5 Å². The average molecular weight is 374 g/mol. The number of nitro benzene ring substituents is 2. The fourth-order valence-corrected chi connectivity index (χ4v) is 3.78. The monoisotopic (exact) mass is 374 g/mol. The molecule has 8 nitrogen and oxygen atoms in total. The van der Waals surface area contributed by atoms with E-state index in [0.29, 0.717) is 10.8 Å². The van der Waals surface area contributed by atoms with Gasteiger partial charge < -0.3 is 0 Å². The minimum absolute atomic E-state index is 0.0287. The summed E-state index contributed by atoms with van der Waals surface area (Å²) in [6.07, 6.45) is 0. The van der Waals surface area contributed by atoms with Crippen LogP contribution in [-0.4, -0.2) is 20.0 Å². The van der Waals surface area contributed by atoms with Crippen LogP contribution >= 0.6 is 23.1 Å². The predicted octanol–water partition coefficient (Wildman–Crippen LogP) is 4.31. The molecule has 0 spiro atoms. The molecule has 0 saturated carbocycles. The van der Waals surface area contributed by atoms with Gasteiger partial charge in [0.15, 0.2) is 4.34 Å². The van der Waals surface area contributed by atoms with Crippen molar-refractivity contribution in [1.82, 2.24) is 10.2 Å². The van der Waals surface area contributed by atoms with E-state index in [1.165, 1.54) is 47.4 Å². The molecule has 0 N–H and O–H groups in total. The van der Waals surface area contributed by atoms with Crippen LogP contribution in [0.25, 0.3) is 10.6 Å². The maximum Gasteiger partial charge on any atom is 0.269 e. The minimum Gasteiger partial charge on any atom is -0.258 e. The van der Waals surface area contributed by atoms with Gasteiger partial charge in [0.25, 0.3) is 11.4 Å². The largest absolute Gasteiger partial charge is 0.269 e. The van der Waals surface area contributed by atoms with Gasteiger partial charge in [-0.25, -0.2) is 0 Å². The summed E-state index contributed by atoms with van der Waals surface area (Å²) in [5.74, 6) is 0.618. The van der Waals surface area contributed by atoms with E-state index < -0.39 is 9.85 Å². The zero-order valence-corrected chi connectivity index (χ0v) is 14.2. The van der Waals surface area contributed by atoms with Crippen LogP contribution in [0.15, 0.2) is 52.9 Å². The fraction of sp³-hybridized carbons (Fsp3) is 0.0667. The second-order valence-corrected chi connectivity index (χ2v) is 7.09. The number of nitrogens with zero attached hydrogens (tertiary/aromatic N) is 4. The lowest BCUT2D eigenvalue weighted by Gasteiger charge is -1.98. The Bertz CT molecular complexity index is 910. The molecule has 1 aromatic heterocycles. The number of rotatable bonds is 6. The highest BCUT2D eigenvalue weighted by molar-refractivity contribution is 8.00. The molecule has 3 aromatic rings. The summed E-state index contributed by atoms with van der Waals surface area (Å²) in [6.45, 7) is 0. The SMILES string of the molecule is O=[N+]([O-])c1ccc(CSc2nnc(-c3ccc([N+](=O)[O-])cc3)s2)cc1. The Kier molecular flexibility index (Phi) is 5.00. The molecule has 0 saturated heterocycles. The number of benzene rings is 2. The first-order valence-corrected chi connectivity index (χ1v) is 8.77. The Balaban J connectivity index is 1.65. The molecule has 25 heavy (non-hydrogen) atoms. The third-order valence-corrected chi connectivity index (χ3v) is 5.42. The van der Waals surface area contributed by atoms with Crippen LogP contribution in [0.5, 0.6) is 0 Å². The maximum absolute atomic E-state index is 10.7. The number of hydrogen-bond donors (Lipinski definition) is 0. The molecule has 0 aliphatic rings. The quantitative estimate of drug-likeness (QED) is 0.359. The van der Waals surface area contributed by atoms with E-state index in [2.05, 4.69) is 10.2 Å². The molecular formula is C15H10N4O4S2. The van der Waals surface area contributed by atoms with Crippen molar-refractivity contribution in [2.24, 2.45) is 0 Å². The first-order valence-electron chi connectivity index (χ1n) is 6.97. The smallest absolute Gasteiger partial charge is 0.258 e. The topological polar surface area (TPSA) is 112 Å². The van der Waals surface area contributed by atoms with E-state index in [1.807, 2.05) is 0 Å². The number of nitro groups is 2. The molecule has 3 rings (SSSR count). The molecular weight excluding hydrogens is 364 g/mol. The van der Waals surface area contributed by atoms with Gasteiger partial charge >= 0.3 is 0 Å². The summed E-state index contributed by atoms with van der Waals surface area (Å²) >= 11 is 2.87. The van der Waals surface area contributed by atoms with Gasteiger partial charge in [0, 0.05) is 35.6 Å². The third kappa shape index (κ3) is 4.17. The predicted molar refractivity (Wildman–Crippen MR) is 94.7 cm³/mol. The summed E-state index contributed by atoms with van der Waals surface area (Å²) in [5.41, 5.74) is 1.80. The number of aromatic nitrogens is 2. The van der Waals surface area contributed by atoms with E-state index >= 15 is 0 Å². The highest BCUT2D eigenvalue weighted by Crippen LogP contribution is 2.32. The van der Waals surface area contributed by atoms with Gasteiger partial charge in [-0.1, -0.05) is 35.2 Å². The van der Waals surface area contributed by atoms with Gasteiger partial charge in [0.05, 0.1) is 9.85 Å². The first kappa shape index (κ1) is 17.0. The van der Waals surface area contributed by atoms with Gasteiger partial charge in [-0.05, 0) is 17.7 Å². The summed E-state index contributed by atoms with van der Waals surface area (Å²) in [5, 5.41) is 30.2. The Morgan fingerprint density at radius 3 is 2.00 bits per heavy atom. The Hall–Kier alpha value is -2.85. The number of hydrogen-bond acceptors (Lipinski definition) is 8. The van der Waals surface area contributed by atoms with E-state index in [1.54, 1.807) is 24.3 Å². The molecule has 10 heteroatoms. The molecule has 0 atom stereocenters. The van der Waals surface area contributed by atoms with Crippen LogP contribution in [0.1, 0.15) is 5.56 Å². The van der Waals surface area contributed by atoms with Crippen molar-refractivity contribution in [3.8, 4) is 10.6 Å². The minimum atomic E-state index is -0.449. The fourth-order valence-electron chi connectivity index (χ4n) is 1.97. The summed E-state index contributed by atoms with van der Waals surface area (Å²) < 4.78 is 0.756. The maximum atomic E-state index is 10.7. The van der Waals surface area contributed by atoms with Crippen LogP contribution in [-0.2, 0) is 5.75 Å². The van der Waals surface area contributed by atoms with Crippen molar-refractivity contribution in [3.63, 3.8) is 0 Å². The molecule has 0 fully saturated rings. The molecule has 0 radical (unpaired) electrons. The standard InChI is InChI=1S/C15H10N4O4S2/c20-18(21)12-5-1-10(2-6-12)9-24-15-17-16-14(25-15)11-3-7-13(8-4-11)19(22)23/h1-8H,9H2. The van der Waals surface area contributed by atoms with Crippen molar-refractivity contribution in [2.75, 3.05) is 0 Å². The molecule has 0 aliphatic carbocycles. The zero-order valence-electron chi connectivity index (χ0n) is 12.6. The van der Waals surface area contributed by atoms with Gasteiger partial charge in [0.2, 0.25) is 0 Å². The number of non-ortho nitro benzene ring substituents is 2. The molecule has 0 aliphatic heterocycles. The Morgan fingerprint density at radius 2 is 1.44 bits per heavy atom. The summed E-state index contributed by atoms with van der Waals surface area (Å²) in [6, 6.07) is 12.5. The van der Waals surface area contributed by atoms with E-state index in [9.17, 15) is 20.2 Å². The second kappa shape index (κ2) is 7.36. The van der Waals surface area contributed by atoms with E-state index in [4.69, 9.17) is 0 Å². The van der Waals surface area contributed by atoms with Crippen LogP contribution in [0.4, 0.5) is 11.4 Å². The van der Waals surface area contributed by atoms with Crippen molar-refractivity contribution < 1.29 is 9.85 Å². The lowest BCUT2D eigenvalue weighted by Crippen LogP contribution is -1.88. The van der Waals surface area contributed by atoms with Gasteiger partial charge in [-0.3, -0.25) is 20.2 Å². The van der Waals surface area contributed by atoms with Gasteiger partial charge in [0.1, 0.15) is 5.01 Å². The second-order valence-electron chi connectivity index (χ2n) is 4.89. The van der Waals surface area contributed by atoms with Crippen LogP contribution in [0.3, 0.4) is 0 Å². The zero-order chi connectivity index (χ0) is 17.8. The molecule has 1 heterocycles. The first-order chi connectivity index (χ1) is 12.0. The van der Waals surface area contributed by atoms with Crippen LogP contribution in [0.2, 0.25) is 0 Å².